The Morgan fingerprint density at radius 3 is 2.86 bits per heavy atom. The summed E-state index contributed by atoms with van der Waals surface area (Å²) in [7, 11) is 0. The number of allylic oxidation sites excluding steroid dienone is 4. The second kappa shape index (κ2) is 4.01. The largest absolute Gasteiger partial charge is 0.287 e. The minimum Gasteiger partial charge on any atom is -0.287 e. The molecule has 2 heteroatoms. The Bertz CT molecular complexity index is 390. The van der Waals surface area contributed by atoms with Crippen LogP contribution in [0.2, 0.25) is 0 Å². The lowest BCUT2D eigenvalue weighted by molar-refractivity contribution is 0.103. The maximum Gasteiger partial charge on any atom is 0.210 e. The maximum atomic E-state index is 11.8. The fourth-order valence-electron chi connectivity index (χ4n) is 1.43. The van der Waals surface area contributed by atoms with Crippen LogP contribution in [0.4, 0.5) is 0 Å². The van der Waals surface area contributed by atoms with Crippen molar-refractivity contribution >= 4 is 5.78 Å². The van der Waals surface area contributed by atoms with E-state index in [-0.39, 0.29) is 5.78 Å². The van der Waals surface area contributed by atoms with Crippen molar-refractivity contribution in [2.75, 3.05) is 0 Å². The van der Waals surface area contributed by atoms with Crippen molar-refractivity contribution in [2.24, 2.45) is 0 Å². The monoisotopic (exact) mass is 185 g/mol. The quantitative estimate of drug-likeness (QED) is 0.663. The van der Waals surface area contributed by atoms with Gasteiger partial charge in [0.15, 0.2) is 0 Å². The van der Waals surface area contributed by atoms with Crippen LogP contribution in [0, 0.1) is 0 Å². The van der Waals surface area contributed by atoms with Crippen LogP contribution in [-0.4, -0.2) is 10.8 Å². The highest BCUT2D eigenvalue weighted by Crippen LogP contribution is 2.13. The fraction of sp³-hybridized carbons (Fsp3) is 0.167. The number of hydrogen-bond acceptors (Lipinski definition) is 2. The van der Waals surface area contributed by atoms with Gasteiger partial charge in [-0.1, -0.05) is 24.3 Å². The average Bonchev–Trinajstić information content (AvgIpc) is 2.30. The Balaban J connectivity index is 2.25. The molecule has 0 radical (unpaired) electrons. The smallest absolute Gasteiger partial charge is 0.210 e. The molecule has 0 unspecified atom stereocenters. The minimum atomic E-state index is 0.0153. The van der Waals surface area contributed by atoms with E-state index in [1.165, 1.54) is 0 Å². The van der Waals surface area contributed by atoms with Crippen LogP contribution in [0.3, 0.4) is 0 Å². The fourth-order valence-corrected chi connectivity index (χ4v) is 1.43. The average molecular weight is 185 g/mol. The second-order valence-corrected chi connectivity index (χ2v) is 3.18. The van der Waals surface area contributed by atoms with Crippen LogP contribution in [-0.2, 0) is 0 Å². The van der Waals surface area contributed by atoms with Crippen LogP contribution in [0.1, 0.15) is 23.3 Å². The summed E-state index contributed by atoms with van der Waals surface area (Å²) in [5.74, 6) is 0.0153. The molecule has 0 N–H and O–H groups in total. The first-order valence-corrected chi connectivity index (χ1v) is 4.70. The standard InChI is InChI=1S/C12H11NO/c14-12(10-6-2-1-3-7-10)11-8-4-5-9-13-11/h2,4-9H,1,3H2. The van der Waals surface area contributed by atoms with Gasteiger partial charge in [-0.05, 0) is 25.0 Å². The summed E-state index contributed by atoms with van der Waals surface area (Å²) >= 11 is 0. The molecule has 0 spiro atoms. The van der Waals surface area contributed by atoms with Gasteiger partial charge in [0.1, 0.15) is 5.69 Å². The summed E-state index contributed by atoms with van der Waals surface area (Å²) in [5, 5.41) is 0. The molecule has 0 saturated carbocycles. The van der Waals surface area contributed by atoms with Crippen molar-refractivity contribution in [1.82, 2.24) is 4.98 Å². The molecule has 1 heterocycles. The zero-order valence-corrected chi connectivity index (χ0v) is 7.81. The van der Waals surface area contributed by atoms with E-state index in [1.807, 2.05) is 30.4 Å². The SMILES string of the molecule is O=C(C1=CCCC=C1)c1ccccn1. The first-order valence-electron chi connectivity index (χ1n) is 4.70. The number of rotatable bonds is 2. The van der Waals surface area contributed by atoms with E-state index in [2.05, 4.69) is 4.98 Å². The highest BCUT2D eigenvalue weighted by molar-refractivity contribution is 6.09. The van der Waals surface area contributed by atoms with Crippen molar-refractivity contribution in [2.45, 2.75) is 12.8 Å². The molecular weight excluding hydrogens is 174 g/mol. The Morgan fingerprint density at radius 2 is 2.21 bits per heavy atom. The molecule has 0 bridgehead atoms. The molecule has 0 saturated heterocycles. The molecule has 1 aliphatic rings. The Labute approximate surface area is 83.0 Å². The summed E-state index contributed by atoms with van der Waals surface area (Å²) in [6.07, 6.45) is 9.48. The normalized spacial score (nSPS) is 15.0. The number of carbonyl (C=O) groups is 1. The van der Waals surface area contributed by atoms with Gasteiger partial charge in [-0.15, -0.1) is 0 Å². The number of aromatic nitrogens is 1. The van der Waals surface area contributed by atoms with E-state index in [1.54, 1.807) is 12.3 Å². The molecule has 2 rings (SSSR count). The van der Waals surface area contributed by atoms with Gasteiger partial charge >= 0.3 is 0 Å². The Morgan fingerprint density at radius 1 is 1.29 bits per heavy atom. The van der Waals surface area contributed by atoms with Gasteiger partial charge in [-0.2, -0.15) is 0 Å². The lowest BCUT2D eigenvalue weighted by atomic mass is 10.0. The van der Waals surface area contributed by atoms with Crippen LogP contribution < -0.4 is 0 Å². The van der Waals surface area contributed by atoms with Gasteiger partial charge in [0.2, 0.25) is 5.78 Å². The second-order valence-electron chi connectivity index (χ2n) is 3.18. The van der Waals surface area contributed by atoms with Crippen molar-refractivity contribution in [3.8, 4) is 0 Å². The summed E-state index contributed by atoms with van der Waals surface area (Å²) in [4.78, 5) is 15.8. The number of pyridine rings is 1. The third-order valence-electron chi connectivity index (χ3n) is 2.15. The Hall–Kier alpha value is -1.70. The molecule has 0 aliphatic heterocycles. The predicted octanol–water partition coefficient (Wildman–Crippen LogP) is 2.54. The number of carbonyl (C=O) groups excluding carboxylic acids is 1. The molecule has 1 aromatic heterocycles. The van der Waals surface area contributed by atoms with Crippen LogP contribution in [0.15, 0.2) is 48.2 Å². The molecule has 14 heavy (non-hydrogen) atoms. The maximum absolute atomic E-state index is 11.8. The van der Waals surface area contributed by atoms with Gasteiger partial charge in [-0.3, -0.25) is 9.78 Å². The van der Waals surface area contributed by atoms with Crippen molar-refractivity contribution in [3.63, 3.8) is 0 Å². The van der Waals surface area contributed by atoms with E-state index in [9.17, 15) is 4.79 Å². The molecule has 70 valence electrons. The molecular formula is C12H11NO. The summed E-state index contributed by atoms with van der Waals surface area (Å²) < 4.78 is 0. The van der Waals surface area contributed by atoms with Crippen molar-refractivity contribution in [3.05, 3.63) is 53.9 Å². The molecule has 1 aromatic rings. The topological polar surface area (TPSA) is 30.0 Å². The molecule has 1 aliphatic carbocycles. The zero-order chi connectivity index (χ0) is 9.80. The highest BCUT2D eigenvalue weighted by atomic mass is 16.1. The van der Waals surface area contributed by atoms with Crippen molar-refractivity contribution < 1.29 is 4.79 Å². The summed E-state index contributed by atoms with van der Waals surface area (Å²) in [5.41, 5.74) is 1.28. The van der Waals surface area contributed by atoms with Gasteiger partial charge in [0, 0.05) is 11.8 Å². The summed E-state index contributed by atoms with van der Waals surface area (Å²) in [6.45, 7) is 0. The number of ketones is 1. The predicted molar refractivity (Wildman–Crippen MR) is 55.0 cm³/mol. The molecule has 0 fully saturated rings. The summed E-state index contributed by atoms with van der Waals surface area (Å²) in [6, 6.07) is 5.38. The van der Waals surface area contributed by atoms with Crippen LogP contribution >= 0.6 is 0 Å². The van der Waals surface area contributed by atoms with E-state index >= 15 is 0 Å². The van der Waals surface area contributed by atoms with Gasteiger partial charge in [0.05, 0.1) is 0 Å². The lowest BCUT2D eigenvalue weighted by Gasteiger charge is -2.04. The molecule has 0 atom stereocenters. The van der Waals surface area contributed by atoms with Crippen LogP contribution in [0.5, 0.6) is 0 Å². The van der Waals surface area contributed by atoms with Crippen LogP contribution in [0.25, 0.3) is 0 Å². The first-order chi connectivity index (χ1) is 6.88. The Kier molecular flexibility index (Phi) is 2.54. The number of Topliss-reactive ketones (excluding diaryl/α,β-unsaturated/α-hetero) is 1. The van der Waals surface area contributed by atoms with E-state index in [4.69, 9.17) is 0 Å². The molecule has 0 amide bonds. The minimum absolute atomic E-state index is 0.0153. The highest BCUT2D eigenvalue weighted by Gasteiger charge is 2.11. The van der Waals surface area contributed by atoms with E-state index in [0.717, 1.165) is 18.4 Å². The molecule has 2 nitrogen and oxygen atoms in total. The van der Waals surface area contributed by atoms with Gasteiger partial charge in [-0.25, -0.2) is 0 Å². The third-order valence-corrected chi connectivity index (χ3v) is 2.15. The number of nitrogens with zero attached hydrogens (tertiary/aromatic N) is 1. The van der Waals surface area contributed by atoms with E-state index < -0.39 is 0 Å². The van der Waals surface area contributed by atoms with E-state index in [0.29, 0.717) is 5.69 Å². The molecule has 0 aromatic carbocycles. The van der Waals surface area contributed by atoms with Gasteiger partial charge in [0.25, 0.3) is 0 Å². The third kappa shape index (κ3) is 1.79. The van der Waals surface area contributed by atoms with Gasteiger partial charge < -0.3 is 0 Å². The zero-order valence-electron chi connectivity index (χ0n) is 7.81. The first kappa shape index (κ1) is 8.88. The van der Waals surface area contributed by atoms with Crippen molar-refractivity contribution in [1.29, 1.82) is 0 Å². The number of hydrogen-bond donors (Lipinski definition) is 0. The lowest BCUT2D eigenvalue weighted by Crippen LogP contribution is -2.05.